The molecule has 0 fully saturated rings. The van der Waals surface area contributed by atoms with E-state index >= 15 is 0 Å². The molecule has 0 aromatic carbocycles. The molecule has 0 aliphatic rings. The standard InChI is InChI=1S/C11H17N5O2/c1-2-16(6-4-10(12)15-18)8-3-5-14-9(7-8)11(13)17/h3,5,7,18H,2,4,6H2,1H3,(H2,12,15)(H2,13,17). The van der Waals surface area contributed by atoms with Crippen molar-refractivity contribution in [1.29, 1.82) is 0 Å². The molecule has 98 valence electrons. The number of amidine groups is 1. The number of nitrogens with two attached hydrogens (primary N) is 2. The number of oxime groups is 1. The molecule has 1 aromatic rings. The van der Waals surface area contributed by atoms with Crippen LogP contribution in [0.1, 0.15) is 23.8 Å². The molecule has 5 N–H and O–H groups in total. The first-order valence-electron chi connectivity index (χ1n) is 5.55. The third-order valence-corrected chi connectivity index (χ3v) is 2.51. The Kier molecular flexibility index (Phi) is 4.91. The maximum absolute atomic E-state index is 11.0. The van der Waals surface area contributed by atoms with Gasteiger partial charge in [-0.2, -0.15) is 0 Å². The number of hydrogen-bond donors (Lipinski definition) is 3. The van der Waals surface area contributed by atoms with Gasteiger partial charge in [0.15, 0.2) is 0 Å². The van der Waals surface area contributed by atoms with Crippen molar-refractivity contribution in [1.82, 2.24) is 4.98 Å². The first kappa shape index (κ1) is 13.8. The Hall–Kier alpha value is -2.31. The lowest BCUT2D eigenvalue weighted by Gasteiger charge is -2.22. The van der Waals surface area contributed by atoms with Crippen LogP contribution in [0.4, 0.5) is 5.69 Å². The van der Waals surface area contributed by atoms with Gasteiger partial charge in [0.25, 0.3) is 5.91 Å². The van der Waals surface area contributed by atoms with E-state index in [1.165, 1.54) is 6.20 Å². The van der Waals surface area contributed by atoms with Gasteiger partial charge in [-0.05, 0) is 19.1 Å². The van der Waals surface area contributed by atoms with Gasteiger partial charge >= 0.3 is 0 Å². The van der Waals surface area contributed by atoms with Gasteiger partial charge in [-0.1, -0.05) is 5.16 Å². The SMILES string of the molecule is CCN(CC/C(N)=N/O)c1ccnc(C(N)=O)c1. The van der Waals surface area contributed by atoms with Gasteiger partial charge in [-0.3, -0.25) is 9.78 Å². The van der Waals surface area contributed by atoms with Crippen LogP contribution < -0.4 is 16.4 Å². The lowest BCUT2D eigenvalue weighted by molar-refractivity contribution is 0.0995. The number of amides is 1. The van der Waals surface area contributed by atoms with Crippen LogP contribution in [0.3, 0.4) is 0 Å². The molecule has 1 heterocycles. The highest BCUT2D eigenvalue weighted by atomic mass is 16.4. The first-order chi connectivity index (χ1) is 8.58. The minimum absolute atomic E-state index is 0.164. The summed E-state index contributed by atoms with van der Waals surface area (Å²) in [6, 6.07) is 3.40. The van der Waals surface area contributed by atoms with Gasteiger partial charge in [0.2, 0.25) is 0 Å². The smallest absolute Gasteiger partial charge is 0.267 e. The third-order valence-electron chi connectivity index (χ3n) is 2.51. The Morgan fingerprint density at radius 3 is 2.83 bits per heavy atom. The zero-order valence-corrected chi connectivity index (χ0v) is 10.2. The van der Waals surface area contributed by atoms with Crippen molar-refractivity contribution in [3.05, 3.63) is 24.0 Å². The zero-order chi connectivity index (χ0) is 13.5. The number of carbonyl (C=O) groups is 1. The number of anilines is 1. The van der Waals surface area contributed by atoms with E-state index in [2.05, 4.69) is 10.1 Å². The number of pyridine rings is 1. The molecule has 7 nitrogen and oxygen atoms in total. The predicted octanol–water partition coefficient (Wildman–Crippen LogP) is 0.143. The van der Waals surface area contributed by atoms with E-state index in [4.69, 9.17) is 16.7 Å². The monoisotopic (exact) mass is 251 g/mol. The van der Waals surface area contributed by atoms with Crippen LogP contribution in [-0.2, 0) is 0 Å². The van der Waals surface area contributed by atoms with Gasteiger partial charge in [-0.25, -0.2) is 0 Å². The molecule has 1 aromatic heterocycles. The number of primary amides is 1. The lowest BCUT2D eigenvalue weighted by atomic mass is 10.2. The van der Waals surface area contributed by atoms with E-state index in [1.54, 1.807) is 12.1 Å². The van der Waals surface area contributed by atoms with Crippen molar-refractivity contribution < 1.29 is 10.0 Å². The Morgan fingerprint density at radius 1 is 1.56 bits per heavy atom. The summed E-state index contributed by atoms with van der Waals surface area (Å²) in [5.41, 5.74) is 11.6. The summed E-state index contributed by atoms with van der Waals surface area (Å²) >= 11 is 0. The number of rotatable bonds is 6. The van der Waals surface area contributed by atoms with Crippen molar-refractivity contribution in [2.24, 2.45) is 16.6 Å². The number of hydrogen-bond acceptors (Lipinski definition) is 5. The van der Waals surface area contributed by atoms with E-state index in [0.29, 0.717) is 13.0 Å². The maximum atomic E-state index is 11.0. The minimum Gasteiger partial charge on any atom is -0.409 e. The highest BCUT2D eigenvalue weighted by molar-refractivity contribution is 5.91. The maximum Gasteiger partial charge on any atom is 0.267 e. The molecule has 0 aliphatic heterocycles. The van der Waals surface area contributed by atoms with Crippen LogP contribution in [0, 0.1) is 0 Å². The fourth-order valence-electron chi connectivity index (χ4n) is 1.52. The Bertz CT molecular complexity index is 447. The van der Waals surface area contributed by atoms with Crippen molar-refractivity contribution in [3.8, 4) is 0 Å². The van der Waals surface area contributed by atoms with E-state index in [-0.39, 0.29) is 11.5 Å². The largest absolute Gasteiger partial charge is 0.409 e. The number of carbonyl (C=O) groups excluding carboxylic acids is 1. The summed E-state index contributed by atoms with van der Waals surface area (Å²) in [5.74, 6) is -0.401. The normalized spacial score (nSPS) is 11.3. The molecule has 1 rings (SSSR count). The highest BCUT2D eigenvalue weighted by Gasteiger charge is 2.09. The van der Waals surface area contributed by atoms with Crippen LogP contribution in [-0.4, -0.2) is 35.0 Å². The quantitative estimate of drug-likeness (QED) is 0.288. The second-order valence-corrected chi connectivity index (χ2v) is 3.68. The molecule has 7 heteroatoms. The fourth-order valence-corrected chi connectivity index (χ4v) is 1.52. The second kappa shape index (κ2) is 6.43. The van der Waals surface area contributed by atoms with E-state index in [9.17, 15) is 4.79 Å². The molecule has 0 unspecified atom stereocenters. The Balaban J connectivity index is 2.81. The van der Waals surface area contributed by atoms with Crippen molar-refractivity contribution >= 4 is 17.4 Å². The van der Waals surface area contributed by atoms with Crippen LogP contribution in [0.25, 0.3) is 0 Å². The summed E-state index contributed by atoms with van der Waals surface area (Å²) in [5, 5.41) is 11.4. The molecule has 0 bridgehead atoms. The average Bonchev–Trinajstić information content (AvgIpc) is 2.39. The Morgan fingerprint density at radius 2 is 2.28 bits per heavy atom. The van der Waals surface area contributed by atoms with Crippen LogP contribution >= 0.6 is 0 Å². The second-order valence-electron chi connectivity index (χ2n) is 3.68. The molecule has 0 aliphatic carbocycles. The fraction of sp³-hybridized carbons (Fsp3) is 0.364. The summed E-state index contributed by atoms with van der Waals surface area (Å²) in [4.78, 5) is 16.9. The van der Waals surface area contributed by atoms with Crippen molar-refractivity contribution in [2.75, 3.05) is 18.0 Å². The Labute approximate surface area is 105 Å². The summed E-state index contributed by atoms with van der Waals surface area (Å²) in [7, 11) is 0. The summed E-state index contributed by atoms with van der Waals surface area (Å²) < 4.78 is 0. The molecule has 0 saturated carbocycles. The van der Waals surface area contributed by atoms with Crippen LogP contribution in [0.2, 0.25) is 0 Å². The molecular weight excluding hydrogens is 234 g/mol. The van der Waals surface area contributed by atoms with Gasteiger partial charge in [0.1, 0.15) is 11.5 Å². The van der Waals surface area contributed by atoms with Crippen molar-refractivity contribution in [3.63, 3.8) is 0 Å². The van der Waals surface area contributed by atoms with E-state index in [1.807, 2.05) is 11.8 Å². The van der Waals surface area contributed by atoms with E-state index in [0.717, 1.165) is 12.2 Å². The molecule has 1 amide bonds. The molecule has 0 saturated heterocycles. The predicted molar refractivity (Wildman–Crippen MR) is 68.7 cm³/mol. The molecular formula is C11H17N5O2. The molecule has 18 heavy (non-hydrogen) atoms. The van der Waals surface area contributed by atoms with Crippen LogP contribution in [0.15, 0.2) is 23.5 Å². The van der Waals surface area contributed by atoms with E-state index < -0.39 is 5.91 Å². The van der Waals surface area contributed by atoms with Gasteiger partial charge < -0.3 is 21.6 Å². The number of nitrogens with zero attached hydrogens (tertiary/aromatic N) is 3. The van der Waals surface area contributed by atoms with Gasteiger partial charge in [0, 0.05) is 31.4 Å². The number of aromatic nitrogens is 1. The topological polar surface area (TPSA) is 118 Å². The first-order valence-corrected chi connectivity index (χ1v) is 5.55. The lowest BCUT2D eigenvalue weighted by Crippen LogP contribution is -2.28. The summed E-state index contributed by atoms with van der Waals surface area (Å²) in [6.45, 7) is 3.27. The zero-order valence-electron chi connectivity index (χ0n) is 10.2. The van der Waals surface area contributed by atoms with Gasteiger partial charge in [0.05, 0.1) is 0 Å². The minimum atomic E-state index is -0.565. The summed E-state index contributed by atoms with van der Waals surface area (Å²) in [6.07, 6.45) is 1.96. The van der Waals surface area contributed by atoms with Gasteiger partial charge in [-0.15, -0.1) is 0 Å². The highest BCUT2D eigenvalue weighted by Crippen LogP contribution is 2.14. The molecule has 0 atom stereocenters. The van der Waals surface area contributed by atoms with Crippen LogP contribution in [0.5, 0.6) is 0 Å². The van der Waals surface area contributed by atoms with Crippen molar-refractivity contribution in [2.45, 2.75) is 13.3 Å². The third kappa shape index (κ3) is 3.62. The average molecular weight is 251 g/mol. The molecule has 0 radical (unpaired) electrons. The molecule has 0 spiro atoms.